The van der Waals surface area contributed by atoms with E-state index in [9.17, 15) is 18.8 Å². The predicted octanol–water partition coefficient (Wildman–Crippen LogP) is 2.49. The minimum absolute atomic E-state index is 0.0162. The summed E-state index contributed by atoms with van der Waals surface area (Å²) in [7, 11) is 0. The van der Waals surface area contributed by atoms with Crippen LogP contribution in [0.25, 0.3) is 0 Å². The van der Waals surface area contributed by atoms with Crippen LogP contribution >= 0.6 is 0 Å². The van der Waals surface area contributed by atoms with Gasteiger partial charge in [-0.1, -0.05) is 6.07 Å². The van der Waals surface area contributed by atoms with Gasteiger partial charge >= 0.3 is 0 Å². The fourth-order valence-electron chi connectivity index (χ4n) is 5.15. The van der Waals surface area contributed by atoms with Gasteiger partial charge in [0.2, 0.25) is 5.82 Å². The lowest BCUT2D eigenvalue weighted by Gasteiger charge is -2.31. The number of ether oxygens (including phenoxy) is 1. The predicted molar refractivity (Wildman–Crippen MR) is 130 cm³/mol. The van der Waals surface area contributed by atoms with Crippen LogP contribution in [0.4, 0.5) is 10.1 Å². The first kappa shape index (κ1) is 23.5. The number of nitrogens with zero attached hydrogens (tertiary/aromatic N) is 2. The topological polar surface area (TPSA) is 94.7 Å². The van der Waals surface area contributed by atoms with Crippen molar-refractivity contribution < 1.29 is 18.7 Å². The normalized spacial score (nSPS) is 20.3. The number of benzene rings is 1. The molecular formula is C26H31FN4O4. The fraction of sp³-hybridized carbons (Fsp3) is 0.500. The van der Waals surface area contributed by atoms with Gasteiger partial charge in [0.05, 0.1) is 30.0 Å². The van der Waals surface area contributed by atoms with Gasteiger partial charge in [-0.25, -0.2) is 4.39 Å². The minimum Gasteiger partial charge on any atom is -0.378 e. The van der Waals surface area contributed by atoms with Crippen LogP contribution in [0.5, 0.6) is 0 Å². The minimum atomic E-state index is -1.07. The number of hydrogen-bond acceptors (Lipinski definition) is 5. The van der Waals surface area contributed by atoms with Crippen molar-refractivity contribution in [2.75, 3.05) is 44.3 Å². The number of nitrogens with one attached hydrogen (secondary N) is 2. The molecule has 1 aliphatic carbocycles. The summed E-state index contributed by atoms with van der Waals surface area (Å²) in [6.45, 7) is 7.05. The summed E-state index contributed by atoms with van der Waals surface area (Å²) in [6, 6.07) is 5.28. The van der Waals surface area contributed by atoms with E-state index >= 15 is 0 Å². The molecule has 3 heterocycles. The second kappa shape index (κ2) is 9.45. The second-order valence-electron chi connectivity index (χ2n) is 9.84. The summed E-state index contributed by atoms with van der Waals surface area (Å²) in [5.41, 5.74) is 3.21. The van der Waals surface area contributed by atoms with E-state index in [0.29, 0.717) is 63.0 Å². The number of carbonyl (C=O) groups is 2. The molecule has 2 amide bonds. The molecular weight excluding hydrogens is 451 g/mol. The number of halogens is 1. The quantitative estimate of drug-likeness (QED) is 0.683. The van der Waals surface area contributed by atoms with Crippen molar-refractivity contribution in [1.29, 1.82) is 0 Å². The zero-order valence-electron chi connectivity index (χ0n) is 20.2. The van der Waals surface area contributed by atoms with E-state index in [4.69, 9.17) is 4.74 Å². The Morgan fingerprint density at radius 3 is 2.51 bits per heavy atom. The molecule has 5 rings (SSSR count). The Labute approximate surface area is 203 Å². The number of amides is 2. The molecule has 2 aromatic rings. The van der Waals surface area contributed by atoms with Gasteiger partial charge in [0.15, 0.2) is 0 Å². The van der Waals surface area contributed by atoms with Crippen LogP contribution in [0.3, 0.4) is 0 Å². The first-order valence-electron chi connectivity index (χ1n) is 12.3. The first-order valence-corrected chi connectivity index (χ1v) is 12.3. The van der Waals surface area contributed by atoms with Crippen LogP contribution in [0.15, 0.2) is 23.0 Å². The maximum absolute atomic E-state index is 14.3. The van der Waals surface area contributed by atoms with Crippen LogP contribution in [0.2, 0.25) is 0 Å². The van der Waals surface area contributed by atoms with Crippen molar-refractivity contribution >= 4 is 17.5 Å². The Balaban J connectivity index is 1.40. The molecule has 9 heteroatoms. The molecule has 0 spiro atoms. The number of anilines is 1. The summed E-state index contributed by atoms with van der Waals surface area (Å²) < 4.78 is 19.7. The number of aromatic amines is 1. The number of morpholine rings is 1. The molecule has 35 heavy (non-hydrogen) atoms. The van der Waals surface area contributed by atoms with Gasteiger partial charge in [0.1, 0.15) is 0 Å². The number of H-pyrrole nitrogens is 1. The standard InChI is InChI=1S/C26H31FN4O4/c1-15-11-19(17-3-4-17)23(21(12-15)26(34)30-7-9-35-10-8-30)31-6-5-18(14-31)29-24(32)20-13-16(2)28-25(33)22(20)27/h11-13,17-18H,3-10,14H2,1-2H3,(H,28,33)(H,29,32)/t18-/m1/s1. The van der Waals surface area contributed by atoms with E-state index in [1.54, 1.807) is 6.92 Å². The van der Waals surface area contributed by atoms with Gasteiger partial charge in [-0.3, -0.25) is 14.4 Å². The highest BCUT2D eigenvalue weighted by Gasteiger charge is 2.35. The second-order valence-corrected chi connectivity index (χ2v) is 9.84. The lowest BCUT2D eigenvalue weighted by Crippen LogP contribution is -2.42. The monoisotopic (exact) mass is 482 g/mol. The molecule has 3 fully saturated rings. The Hall–Kier alpha value is -3.20. The summed E-state index contributed by atoms with van der Waals surface area (Å²) in [5.74, 6) is -1.21. The molecule has 3 aliphatic rings. The van der Waals surface area contributed by atoms with Crippen LogP contribution in [-0.2, 0) is 4.74 Å². The van der Waals surface area contributed by atoms with E-state index < -0.39 is 17.3 Å². The lowest BCUT2D eigenvalue weighted by molar-refractivity contribution is 0.0303. The van der Waals surface area contributed by atoms with Gasteiger partial charge in [0.25, 0.3) is 17.4 Å². The molecule has 1 atom stereocenters. The smallest absolute Gasteiger partial charge is 0.284 e. The van der Waals surface area contributed by atoms with Crippen molar-refractivity contribution in [1.82, 2.24) is 15.2 Å². The molecule has 2 aliphatic heterocycles. The Bertz CT molecular complexity index is 1220. The maximum Gasteiger partial charge on any atom is 0.284 e. The van der Waals surface area contributed by atoms with Gasteiger partial charge in [-0.15, -0.1) is 0 Å². The van der Waals surface area contributed by atoms with Crippen LogP contribution in [-0.4, -0.2) is 67.1 Å². The van der Waals surface area contributed by atoms with Crippen molar-refractivity contribution in [2.24, 2.45) is 0 Å². The Morgan fingerprint density at radius 2 is 1.80 bits per heavy atom. The molecule has 186 valence electrons. The SMILES string of the molecule is Cc1cc(C(=O)N2CCOCC2)c(N2CC[C@@H](NC(=O)c3cc(C)[nH]c(=O)c3F)C2)c(C2CC2)c1. The van der Waals surface area contributed by atoms with E-state index in [1.165, 1.54) is 11.6 Å². The van der Waals surface area contributed by atoms with Crippen molar-refractivity contribution in [3.8, 4) is 0 Å². The van der Waals surface area contributed by atoms with E-state index in [1.807, 2.05) is 17.9 Å². The molecule has 1 aromatic heterocycles. The number of aryl methyl sites for hydroxylation is 2. The number of hydrogen-bond donors (Lipinski definition) is 2. The average molecular weight is 483 g/mol. The molecule has 0 unspecified atom stereocenters. The highest BCUT2D eigenvalue weighted by Crippen LogP contribution is 2.47. The van der Waals surface area contributed by atoms with E-state index in [0.717, 1.165) is 24.1 Å². The molecule has 0 bridgehead atoms. The molecule has 8 nitrogen and oxygen atoms in total. The van der Waals surface area contributed by atoms with Crippen molar-refractivity contribution in [2.45, 2.75) is 45.1 Å². The molecule has 1 aromatic carbocycles. The van der Waals surface area contributed by atoms with Gasteiger partial charge < -0.3 is 24.8 Å². The van der Waals surface area contributed by atoms with E-state index in [2.05, 4.69) is 21.3 Å². The highest BCUT2D eigenvalue weighted by atomic mass is 19.1. The molecule has 0 radical (unpaired) electrons. The lowest BCUT2D eigenvalue weighted by atomic mass is 9.97. The zero-order chi connectivity index (χ0) is 24.7. The molecule has 2 saturated heterocycles. The third-order valence-electron chi connectivity index (χ3n) is 7.02. The van der Waals surface area contributed by atoms with Crippen LogP contribution < -0.4 is 15.8 Å². The number of rotatable bonds is 5. The summed E-state index contributed by atoms with van der Waals surface area (Å²) >= 11 is 0. The molecule has 1 saturated carbocycles. The summed E-state index contributed by atoms with van der Waals surface area (Å²) in [4.78, 5) is 44.5. The fourth-order valence-corrected chi connectivity index (χ4v) is 5.15. The van der Waals surface area contributed by atoms with Crippen LogP contribution in [0, 0.1) is 19.7 Å². The molecule has 2 N–H and O–H groups in total. The number of pyridine rings is 1. The van der Waals surface area contributed by atoms with E-state index in [-0.39, 0.29) is 17.5 Å². The Morgan fingerprint density at radius 1 is 1.06 bits per heavy atom. The van der Waals surface area contributed by atoms with Gasteiger partial charge in [0, 0.05) is 37.9 Å². The first-order chi connectivity index (χ1) is 16.8. The largest absolute Gasteiger partial charge is 0.378 e. The van der Waals surface area contributed by atoms with Crippen molar-refractivity contribution in [3.05, 3.63) is 62.3 Å². The summed E-state index contributed by atoms with van der Waals surface area (Å²) in [6.07, 6.45) is 2.88. The third-order valence-corrected chi connectivity index (χ3v) is 7.02. The van der Waals surface area contributed by atoms with Crippen LogP contribution in [0.1, 0.15) is 62.7 Å². The summed E-state index contributed by atoms with van der Waals surface area (Å²) in [5, 5.41) is 2.89. The third kappa shape index (κ3) is 4.82. The Kier molecular flexibility index (Phi) is 6.35. The highest BCUT2D eigenvalue weighted by molar-refractivity contribution is 6.01. The van der Waals surface area contributed by atoms with Crippen molar-refractivity contribution in [3.63, 3.8) is 0 Å². The average Bonchev–Trinajstić information content (AvgIpc) is 3.60. The maximum atomic E-state index is 14.3. The van der Waals surface area contributed by atoms with Gasteiger partial charge in [-0.05, 0) is 62.3 Å². The van der Waals surface area contributed by atoms with Gasteiger partial charge in [-0.2, -0.15) is 0 Å². The number of carbonyl (C=O) groups excluding carboxylic acids is 2. The zero-order valence-corrected chi connectivity index (χ0v) is 20.2. The number of aromatic nitrogens is 1.